The van der Waals surface area contributed by atoms with Crippen molar-refractivity contribution in [3.05, 3.63) is 71.5 Å². The fraction of sp³-hybridized carbons (Fsp3) is 0.357. The molecule has 2 heterocycles. The first kappa shape index (κ1) is 23.9. The van der Waals surface area contributed by atoms with Gasteiger partial charge in [0.25, 0.3) is 5.91 Å². The van der Waals surface area contributed by atoms with Gasteiger partial charge in [-0.15, -0.1) is 0 Å². The fourth-order valence-corrected chi connectivity index (χ4v) is 4.71. The number of ether oxygens (including phenoxy) is 1. The summed E-state index contributed by atoms with van der Waals surface area (Å²) in [5.74, 6) is 0.350. The van der Waals surface area contributed by atoms with Gasteiger partial charge in [0.2, 0.25) is 0 Å². The van der Waals surface area contributed by atoms with Crippen molar-refractivity contribution in [3.8, 4) is 28.0 Å². The van der Waals surface area contributed by atoms with E-state index < -0.39 is 5.91 Å². The lowest BCUT2D eigenvalue weighted by Gasteiger charge is -2.29. The Morgan fingerprint density at radius 2 is 1.62 bits per heavy atom. The van der Waals surface area contributed by atoms with Crippen LogP contribution in [0.15, 0.2) is 54.7 Å². The third-order valence-corrected chi connectivity index (χ3v) is 6.67. The average Bonchev–Trinajstić information content (AvgIpc) is 2.84. The Hall–Kier alpha value is -3.22. The van der Waals surface area contributed by atoms with Crippen LogP contribution in [0.1, 0.15) is 40.9 Å². The van der Waals surface area contributed by atoms with E-state index in [1.54, 1.807) is 6.20 Å². The molecule has 0 atom stereocenters. The lowest BCUT2D eigenvalue weighted by atomic mass is 9.90. The maximum Gasteiger partial charge on any atom is 0.267 e. The Kier molecular flexibility index (Phi) is 7.60. The predicted octanol–water partition coefficient (Wildman–Crippen LogP) is 4.36. The number of hydrogen-bond acceptors (Lipinski definition) is 5. The molecule has 0 saturated carbocycles. The first-order valence-electron chi connectivity index (χ1n) is 11.9. The SMILES string of the molecule is Cc1c(OCCCN2CCC(O)CC2)cccc1-c1cccc(-c2cccnc2C(N)=O)c1C. The summed E-state index contributed by atoms with van der Waals surface area (Å²) < 4.78 is 6.17. The van der Waals surface area contributed by atoms with Gasteiger partial charge in [0.15, 0.2) is 0 Å². The standard InChI is InChI=1S/C28H33N3O3/c1-19-22(7-3-8-23(19)25-10-5-14-30-27(25)28(29)33)24-9-4-11-26(20(24)2)34-18-6-15-31-16-12-21(32)13-17-31/h3-5,7-11,14,21,32H,6,12-13,15-18H2,1-2H3,(H2,29,33). The largest absolute Gasteiger partial charge is 0.493 e. The number of rotatable bonds is 8. The van der Waals surface area contributed by atoms with Crippen molar-refractivity contribution in [1.29, 1.82) is 0 Å². The van der Waals surface area contributed by atoms with E-state index in [-0.39, 0.29) is 11.8 Å². The second-order valence-electron chi connectivity index (χ2n) is 8.95. The van der Waals surface area contributed by atoms with Gasteiger partial charge < -0.3 is 20.5 Å². The molecule has 1 aliphatic rings. The molecule has 1 aliphatic heterocycles. The zero-order chi connectivity index (χ0) is 24.1. The number of benzene rings is 2. The summed E-state index contributed by atoms with van der Waals surface area (Å²) in [6, 6.07) is 15.9. The zero-order valence-electron chi connectivity index (χ0n) is 20.0. The summed E-state index contributed by atoms with van der Waals surface area (Å²) in [6.45, 7) is 7.70. The second kappa shape index (κ2) is 10.8. The van der Waals surface area contributed by atoms with Crippen LogP contribution in [0.2, 0.25) is 0 Å². The third-order valence-electron chi connectivity index (χ3n) is 6.67. The highest BCUT2D eigenvalue weighted by molar-refractivity contribution is 5.98. The summed E-state index contributed by atoms with van der Waals surface area (Å²) >= 11 is 0. The Morgan fingerprint density at radius 1 is 1.00 bits per heavy atom. The molecule has 3 aromatic rings. The van der Waals surface area contributed by atoms with E-state index in [2.05, 4.69) is 35.9 Å². The Morgan fingerprint density at radius 3 is 2.32 bits per heavy atom. The van der Waals surface area contributed by atoms with Gasteiger partial charge in [-0.25, -0.2) is 0 Å². The topological polar surface area (TPSA) is 88.7 Å². The van der Waals surface area contributed by atoms with Crippen molar-refractivity contribution in [1.82, 2.24) is 9.88 Å². The van der Waals surface area contributed by atoms with Gasteiger partial charge >= 0.3 is 0 Å². The minimum Gasteiger partial charge on any atom is -0.493 e. The zero-order valence-corrected chi connectivity index (χ0v) is 20.0. The molecule has 0 unspecified atom stereocenters. The highest BCUT2D eigenvalue weighted by Gasteiger charge is 2.18. The first-order valence-corrected chi connectivity index (χ1v) is 11.9. The van der Waals surface area contributed by atoms with Crippen LogP contribution in [0, 0.1) is 13.8 Å². The Bertz CT molecular complexity index is 1150. The molecule has 4 rings (SSSR count). The minimum absolute atomic E-state index is 0.139. The van der Waals surface area contributed by atoms with E-state index in [9.17, 15) is 9.90 Å². The maximum atomic E-state index is 11.9. The number of carbonyl (C=O) groups is 1. The smallest absolute Gasteiger partial charge is 0.267 e. The molecule has 1 aromatic heterocycles. The van der Waals surface area contributed by atoms with Crippen molar-refractivity contribution in [3.63, 3.8) is 0 Å². The van der Waals surface area contributed by atoms with Crippen LogP contribution in [0.25, 0.3) is 22.3 Å². The van der Waals surface area contributed by atoms with Gasteiger partial charge in [0, 0.05) is 31.4 Å². The van der Waals surface area contributed by atoms with E-state index in [0.29, 0.717) is 6.61 Å². The van der Waals surface area contributed by atoms with Gasteiger partial charge in [0.1, 0.15) is 11.4 Å². The summed E-state index contributed by atoms with van der Waals surface area (Å²) in [4.78, 5) is 18.5. The first-order chi connectivity index (χ1) is 16.5. The summed E-state index contributed by atoms with van der Waals surface area (Å²) in [6.07, 6.45) is 4.12. The van der Waals surface area contributed by atoms with E-state index >= 15 is 0 Å². The molecule has 6 heteroatoms. The molecular weight excluding hydrogens is 426 g/mol. The highest BCUT2D eigenvalue weighted by Crippen LogP contribution is 2.36. The number of piperidine rings is 1. The Balaban J connectivity index is 1.52. The van der Waals surface area contributed by atoms with E-state index in [4.69, 9.17) is 10.5 Å². The van der Waals surface area contributed by atoms with Crippen molar-refractivity contribution in [2.24, 2.45) is 5.73 Å². The van der Waals surface area contributed by atoms with Crippen LogP contribution < -0.4 is 10.5 Å². The van der Waals surface area contributed by atoms with Crippen LogP contribution in [-0.2, 0) is 0 Å². The molecule has 2 aromatic carbocycles. The van der Waals surface area contributed by atoms with Crippen molar-refractivity contribution in [2.75, 3.05) is 26.2 Å². The Labute approximate surface area is 201 Å². The number of pyridine rings is 1. The number of aliphatic hydroxyl groups is 1. The van der Waals surface area contributed by atoms with Gasteiger partial charge in [0.05, 0.1) is 12.7 Å². The molecule has 0 spiro atoms. The van der Waals surface area contributed by atoms with Gasteiger partial charge in [-0.3, -0.25) is 9.78 Å². The molecule has 0 bridgehead atoms. The van der Waals surface area contributed by atoms with Crippen molar-refractivity contribution >= 4 is 5.91 Å². The average molecular weight is 460 g/mol. The molecule has 6 nitrogen and oxygen atoms in total. The molecule has 1 fully saturated rings. The van der Waals surface area contributed by atoms with Gasteiger partial charge in [-0.05, 0) is 73.1 Å². The van der Waals surface area contributed by atoms with E-state index in [1.165, 1.54) is 0 Å². The number of likely N-dealkylation sites (tertiary alicyclic amines) is 1. The number of aromatic nitrogens is 1. The normalized spacial score (nSPS) is 14.8. The number of amides is 1. The van der Waals surface area contributed by atoms with E-state index in [1.807, 2.05) is 36.4 Å². The lowest BCUT2D eigenvalue weighted by Crippen LogP contribution is -2.36. The fourth-order valence-electron chi connectivity index (χ4n) is 4.71. The second-order valence-corrected chi connectivity index (χ2v) is 8.95. The molecule has 178 valence electrons. The van der Waals surface area contributed by atoms with Crippen molar-refractivity contribution in [2.45, 2.75) is 39.2 Å². The number of primary amides is 1. The summed E-state index contributed by atoms with van der Waals surface area (Å²) in [5.41, 5.74) is 11.9. The number of aliphatic hydroxyl groups excluding tert-OH is 1. The molecule has 1 saturated heterocycles. The van der Waals surface area contributed by atoms with Crippen LogP contribution in [-0.4, -0.2) is 53.2 Å². The van der Waals surface area contributed by atoms with Crippen LogP contribution in [0.4, 0.5) is 0 Å². The predicted molar refractivity (Wildman–Crippen MR) is 135 cm³/mol. The molecule has 0 radical (unpaired) electrons. The molecule has 3 N–H and O–H groups in total. The molecule has 1 amide bonds. The highest BCUT2D eigenvalue weighted by atomic mass is 16.5. The lowest BCUT2D eigenvalue weighted by molar-refractivity contribution is 0.0800. The van der Waals surface area contributed by atoms with Crippen LogP contribution in [0.5, 0.6) is 5.75 Å². The minimum atomic E-state index is -0.535. The summed E-state index contributed by atoms with van der Waals surface area (Å²) in [5, 5.41) is 9.66. The quantitative estimate of drug-likeness (QED) is 0.489. The van der Waals surface area contributed by atoms with Crippen molar-refractivity contribution < 1.29 is 14.6 Å². The van der Waals surface area contributed by atoms with Gasteiger partial charge in [-0.1, -0.05) is 36.4 Å². The van der Waals surface area contributed by atoms with Crippen LogP contribution >= 0.6 is 0 Å². The molecule has 34 heavy (non-hydrogen) atoms. The van der Waals surface area contributed by atoms with E-state index in [0.717, 1.165) is 78.0 Å². The third kappa shape index (κ3) is 5.29. The van der Waals surface area contributed by atoms with Crippen LogP contribution in [0.3, 0.4) is 0 Å². The summed E-state index contributed by atoms with van der Waals surface area (Å²) in [7, 11) is 0. The number of hydrogen-bond donors (Lipinski definition) is 2. The molecular formula is C28H33N3O3. The number of carbonyl (C=O) groups excluding carboxylic acids is 1. The van der Waals surface area contributed by atoms with Gasteiger partial charge in [-0.2, -0.15) is 0 Å². The monoisotopic (exact) mass is 459 g/mol. The number of nitrogens with zero attached hydrogens (tertiary/aromatic N) is 2. The maximum absolute atomic E-state index is 11.9. The molecule has 0 aliphatic carbocycles. The number of nitrogens with two attached hydrogens (primary N) is 1.